The summed E-state index contributed by atoms with van der Waals surface area (Å²) in [6, 6.07) is 7.47. The van der Waals surface area contributed by atoms with E-state index in [0.717, 1.165) is 37.0 Å². The lowest BCUT2D eigenvalue weighted by atomic mass is 10.1. The van der Waals surface area contributed by atoms with Crippen LogP contribution in [0.15, 0.2) is 29.2 Å². The van der Waals surface area contributed by atoms with Gasteiger partial charge in [-0.3, -0.25) is 14.5 Å². The molecule has 0 aliphatic carbocycles. The van der Waals surface area contributed by atoms with E-state index >= 15 is 0 Å². The summed E-state index contributed by atoms with van der Waals surface area (Å²) in [6.07, 6.45) is 4.25. The van der Waals surface area contributed by atoms with Crippen molar-refractivity contribution in [3.63, 3.8) is 0 Å². The first-order valence-corrected chi connectivity index (χ1v) is 10.8. The largest absolute Gasteiger partial charge is 0.491 e. The molecule has 0 aromatic heterocycles. The Bertz CT molecular complexity index is 692. The van der Waals surface area contributed by atoms with Gasteiger partial charge < -0.3 is 4.74 Å². The van der Waals surface area contributed by atoms with E-state index in [1.165, 1.54) is 16.7 Å². The molecule has 4 nitrogen and oxygen atoms in total. The van der Waals surface area contributed by atoms with Crippen molar-refractivity contribution in [2.45, 2.75) is 71.7 Å². The molecule has 0 bridgehead atoms. The monoisotopic (exact) mass is 389 g/mol. The van der Waals surface area contributed by atoms with Crippen LogP contribution in [-0.2, 0) is 9.59 Å². The highest BCUT2D eigenvalue weighted by Gasteiger charge is 2.39. The third-order valence-corrected chi connectivity index (χ3v) is 5.31. The molecule has 0 unspecified atom stereocenters. The van der Waals surface area contributed by atoms with Gasteiger partial charge in [0.15, 0.2) is 0 Å². The van der Waals surface area contributed by atoms with Crippen molar-refractivity contribution < 1.29 is 14.3 Å². The van der Waals surface area contributed by atoms with Crippen LogP contribution in [-0.4, -0.2) is 34.6 Å². The van der Waals surface area contributed by atoms with Gasteiger partial charge in [0.25, 0.3) is 11.8 Å². The zero-order chi connectivity index (χ0) is 20.0. The summed E-state index contributed by atoms with van der Waals surface area (Å²) in [4.78, 5) is 27.9. The Morgan fingerprint density at radius 2 is 1.63 bits per heavy atom. The number of benzene rings is 1. The second kappa shape index (κ2) is 9.98. The maximum atomic E-state index is 13.0. The van der Waals surface area contributed by atoms with E-state index in [2.05, 4.69) is 6.92 Å². The summed E-state index contributed by atoms with van der Waals surface area (Å²) >= 11 is 1.48. The second-order valence-electron chi connectivity index (χ2n) is 7.38. The predicted octanol–water partition coefficient (Wildman–Crippen LogP) is 5.28. The molecular formula is C22H31NO3S. The maximum absolute atomic E-state index is 13.0. The highest BCUT2D eigenvalue weighted by atomic mass is 32.2. The molecule has 0 radical (unpaired) electrons. The predicted molar refractivity (Wildman–Crippen MR) is 113 cm³/mol. The van der Waals surface area contributed by atoms with Crippen LogP contribution in [0.4, 0.5) is 0 Å². The van der Waals surface area contributed by atoms with Crippen LogP contribution < -0.4 is 4.74 Å². The molecule has 5 heteroatoms. The van der Waals surface area contributed by atoms with Gasteiger partial charge in [-0.15, -0.1) is 11.8 Å². The normalized spacial score (nSPS) is 14.9. The molecule has 0 saturated heterocycles. The minimum atomic E-state index is -0.169. The molecule has 1 aliphatic heterocycles. The van der Waals surface area contributed by atoms with Crippen LogP contribution >= 0.6 is 11.8 Å². The number of unbranched alkanes of at least 4 members (excludes halogenated alkanes) is 3. The van der Waals surface area contributed by atoms with Crippen molar-refractivity contribution in [1.29, 1.82) is 0 Å². The van der Waals surface area contributed by atoms with Crippen LogP contribution in [0.25, 0.3) is 5.57 Å². The van der Waals surface area contributed by atoms with Gasteiger partial charge in [0.2, 0.25) is 0 Å². The number of carbonyl (C=O) groups excluding carboxylic acids is 2. The summed E-state index contributed by atoms with van der Waals surface area (Å²) in [5.74, 6) is 0.450. The highest BCUT2D eigenvalue weighted by Crippen LogP contribution is 2.38. The number of carbonyl (C=O) groups is 2. The molecule has 2 rings (SSSR count). The minimum Gasteiger partial charge on any atom is -0.491 e. The Kier molecular flexibility index (Phi) is 7.96. The third kappa shape index (κ3) is 5.61. The van der Waals surface area contributed by atoms with Gasteiger partial charge in [-0.25, -0.2) is 0 Å². The Hall–Kier alpha value is -1.75. The summed E-state index contributed by atoms with van der Waals surface area (Å²) in [7, 11) is 0. The van der Waals surface area contributed by atoms with Crippen LogP contribution in [0, 0.1) is 0 Å². The van der Waals surface area contributed by atoms with Gasteiger partial charge >= 0.3 is 0 Å². The molecule has 0 atom stereocenters. The summed E-state index contributed by atoms with van der Waals surface area (Å²) in [5, 5.41) is 0.232. The van der Waals surface area contributed by atoms with Crippen molar-refractivity contribution in [2.75, 3.05) is 6.54 Å². The average molecular weight is 390 g/mol. The van der Waals surface area contributed by atoms with Gasteiger partial charge in [-0.2, -0.15) is 0 Å². The topological polar surface area (TPSA) is 46.6 Å². The van der Waals surface area contributed by atoms with Crippen molar-refractivity contribution in [3.05, 3.63) is 34.7 Å². The fraction of sp³-hybridized carbons (Fsp3) is 0.545. The highest BCUT2D eigenvalue weighted by molar-refractivity contribution is 8.04. The Balaban J connectivity index is 2.26. The summed E-state index contributed by atoms with van der Waals surface area (Å²) in [5.41, 5.74) is 1.31. The van der Waals surface area contributed by atoms with Crippen LogP contribution in [0.5, 0.6) is 5.75 Å². The first-order valence-electron chi connectivity index (χ1n) is 9.89. The van der Waals surface area contributed by atoms with E-state index in [1.807, 2.05) is 52.0 Å². The molecule has 1 heterocycles. The number of hydrogen-bond donors (Lipinski definition) is 0. The lowest BCUT2D eigenvalue weighted by molar-refractivity contribution is -0.136. The number of nitrogens with zero attached hydrogens (tertiary/aromatic N) is 1. The van der Waals surface area contributed by atoms with Crippen molar-refractivity contribution >= 4 is 29.1 Å². The molecule has 2 amide bonds. The quantitative estimate of drug-likeness (QED) is 0.404. The maximum Gasteiger partial charge on any atom is 0.267 e. The molecule has 0 fully saturated rings. The number of imide groups is 1. The fourth-order valence-electron chi connectivity index (χ4n) is 3.03. The SMILES string of the molecule is CCCCCCN1C(=O)C(SC(C)C)=C(c2ccc(OC(C)C)cc2)C1=O. The Labute approximate surface area is 167 Å². The Morgan fingerprint density at radius 1 is 0.963 bits per heavy atom. The first kappa shape index (κ1) is 21.5. The number of ether oxygens (including phenoxy) is 1. The van der Waals surface area contributed by atoms with Gasteiger partial charge in [0.1, 0.15) is 5.75 Å². The molecule has 1 aromatic rings. The second-order valence-corrected chi connectivity index (χ2v) is 8.97. The molecule has 0 saturated carbocycles. The van der Waals surface area contributed by atoms with E-state index in [-0.39, 0.29) is 23.2 Å². The molecule has 0 N–H and O–H groups in total. The van der Waals surface area contributed by atoms with Crippen LogP contribution in [0.1, 0.15) is 65.9 Å². The van der Waals surface area contributed by atoms with Crippen LogP contribution in [0.3, 0.4) is 0 Å². The van der Waals surface area contributed by atoms with E-state index in [9.17, 15) is 9.59 Å². The Morgan fingerprint density at radius 3 is 2.19 bits per heavy atom. The zero-order valence-electron chi connectivity index (χ0n) is 17.1. The van der Waals surface area contributed by atoms with Crippen LogP contribution in [0.2, 0.25) is 0 Å². The van der Waals surface area contributed by atoms with Crippen molar-refractivity contribution in [1.82, 2.24) is 4.90 Å². The number of amides is 2. The molecule has 1 aromatic carbocycles. The first-order chi connectivity index (χ1) is 12.8. The number of rotatable bonds is 10. The van der Waals surface area contributed by atoms with Gasteiger partial charge in [0, 0.05) is 11.8 Å². The van der Waals surface area contributed by atoms with Crippen molar-refractivity contribution in [2.24, 2.45) is 0 Å². The van der Waals surface area contributed by atoms with E-state index < -0.39 is 0 Å². The third-order valence-electron chi connectivity index (χ3n) is 4.23. The molecule has 148 valence electrons. The van der Waals surface area contributed by atoms with Gasteiger partial charge in [-0.05, 0) is 38.0 Å². The van der Waals surface area contributed by atoms with Gasteiger partial charge in [-0.1, -0.05) is 52.2 Å². The molecule has 0 spiro atoms. The zero-order valence-corrected chi connectivity index (χ0v) is 17.9. The fourth-order valence-corrected chi connectivity index (χ4v) is 4.03. The lowest BCUT2D eigenvalue weighted by Crippen LogP contribution is -2.32. The standard InChI is InChI=1S/C22H31NO3S/c1-6-7-8-9-14-23-21(24)19(20(22(23)25)27-16(4)5)17-10-12-18(13-11-17)26-15(2)3/h10-13,15-16H,6-9,14H2,1-5H3. The molecular weight excluding hydrogens is 358 g/mol. The smallest absolute Gasteiger partial charge is 0.267 e. The minimum absolute atomic E-state index is 0.0930. The van der Waals surface area contributed by atoms with E-state index in [0.29, 0.717) is 17.0 Å². The van der Waals surface area contributed by atoms with Gasteiger partial charge in [0.05, 0.1) is 16.6 Å². The van der Waals surface area contributed by atoms with E-state index in [4.69, 9.17) is 4.74 Å². The lowest BCUT2D eigenvalue weighted by Gasteiger charge is -2.15. The molecule has 1 aliphatic rings. The average Bonchev–Trinajstić information content (AvgIpc) is 2.82. The number of hydrogen-bond acceptors (Lipinski definition) is 4. The van der Waals surface area contributed by atoms with Crippen molar-refractivity contribution in [3.8, 4) is 5.75 Å². The van der Waals surface area contributed by atoms with E-state index in [1.54, 1.807) is 0 Å². The number of thioether (sulfide) groups is 1. The molecule has 27 heavy (non-hydrogen) atoms. The summed E-state index contributed by atoms with van der Waals surface area (Å²) < 4.78 is 5.68. The summed E-state index contributed by atoms with van der Waals surface area (Å²) in [6.45, 7) is 10.7.